The van der Waals surface area contributed by atoms with Gasteiger partial charge in [0.1, 0.15) is 0 Å². The van der Waals surface area contributed by atoms with Crippen molar-refractivity contribution in [2.24, 2.45) is 0 Å². The van der Waals surface area contributed by atoms with E-state index in [9.17, 15) is 0 Å². The van der Waals surface area contributed by atoms with Crippen LogP contribution in [-0.4, -0.2) is 0 Å². The van der Waals surface area contributed by atoms with Crippen LogP contribution >= 0.6 is 11.6 Å². The smallest absolute Gasteiger partial charge is 0.0912 e. The summed E-state index contributed by atoms with van der Waals surface area (Å²) in [7, 11) is 0. The van der Waals surface area contributed by atoms with Crippen molar-refractivity contribution in [3.8, 4) is 6.07 Å². The summed E-state index contributed by atoms with van der Waals surface area (Å²) in [5.41, 5.74) is 0. The molecule has 52 valence electrons. The van der Waals surface area contributed by atoms with Gasteiger partial charge in [0.05, 0.1) is 6.07 Å². The van der Waals surface area contributed by atoms with Crippen molar-refractivity contribution >= 4 is 11.6 Å². The Morgan fingerprint density at radius 1 is 1.60 bits per heavy atom. The molecule has 0 saturated carbocycles. The molecule has 0 spiro atoms. The van der Waals surface area contributed by atoms with Gasteiger partial charge in [-0.15, -0.1) is 0 Å². The number of allylic oxidation sites excluding steroid dienone is 6. The standard InChI is InChI=1S/C8H8ClN/c1-2-5-8(9)6-3-4-7-10/h2-6H,1H3/b4-3+,5-2-,8-6+. The summed E-state index contributed by atoms with van der Waals surface area (Å²) < 4.78 is 0. The van der Waals surface area contributed by atoms with Crippen molar-refractivity contribution in [2.45, 2.75) is 6.92 Å². The Morgan fingerprint density at radius 2 is 2.30 bits per heavy atom. The highest BCUT2D eigenvalue weighted by Gasteiger charge is 1.76. The Bertz CT molecular complexity index is 206. The average molecular weight is 154 g/mol. The minimum absolute atomic E-state index is 0.619. The Balaban J connectivity index is 3.94. The number of hydrogen-bond donors (Lipinski definition) is 0. The molecular weight excluding hydrogens is 146 g/mol. The number of hydrogen-bond acceptors (Lipinski definition) is 1. The second-order valence-electron chi connectivity index (χ2n) is 1.54. The zero-order chi connectivity index (χ0) is 7.82. The highest BCUT2D eigenvalue weighted by Crippen LogP contribution is 2.02. The molecule has 0 atom stereocenters. The fraction of sp³-hybridized carbons (Fsp3) is 0.125. The summed E-state index contributed by atoms with van der Waals surface area (Å²) in [4.78, 5) is 0. The third-order valence-corrected chi connectivity index (χ3v) is 1.00. The first-order chi connectivity index (χ1) is 4.81. The molecule has 0 heterocycles. The first-order valence-electron chi connectivity index (χ1n) is 2.86. The van der Waals surface area contributed by atoms with Crippen molar-refractivity contribution in [2.75, 3.05) is 0 Å². The molecule has 0 amide bonds. The molecule has 10 heavy (non-hydrogen) atoms. The van der Waals surface area contributed by atoms with Gasteiger partial charge >= 0.3 is 0 Å². The summed E-state index contributed by atoms with van der Waals surface area (Å²) in [5, 5.41) is 8.70. The first-order valence-corrected chi connectivity index (χ1v) is 3.23. The van der Waals surface area contributed by atoms with Crippen LogP contribution in [0, 0.1) is 11.3 Å². The van der Waals surface area contributed by atoms with Gasteiger partial charge in [-0.25, -0.2) is 0 Å². The second-order valence-corrected chi connectivity index (χ2v) is 1.98. The van der Waals surface area contributed by atoms with Crippen LogP contribution < -0.4 is 0 Å². The number of halogens is 1. The highest BCUT2D eigenvalue weighted by molar-refractivity contribution is 6.31. The lowest BCUT2D eigenvalue weighted by Gasteiger charge is -1.80. The van der Waals surface area contributed by atoms with E-state index in [1.54, 1.807) is 18.2 Å². The molecule has 2 heteroatoms. The molecule has 0 aliphatic heterocycles. The Morgan fingerprint density at radius 3 is 2.80 bits per heavy atom. The van der Waals surface area contributed by atoms with E-state index in [0.29, 0.717) is 5.03 Å². The summed E-state index contributed by atoms with van der Waals surface area (Å²) in [6, 6.07) is 1.86. The molecule has 0 bridgehead atoms. The molecule has 0 saturated heterocycles. The maximum absolute atomic E-state index is 8.08. The average Bonchev–Trinajstić information content (AvgIpc) is 1.89. The van der Waals surface area contributed by atoms with Gasteiger partial charge in [-0.3, -0.25) is 0 Å². The van der Waals surface area contributed by atoms with Crippen LogP contribution in [0.5, 0.6) is 0 Å². The monoisotopic (exact) mass is 153 g/mol. The SMILES string of the molecule is C\C=C/C(Cl)=C\C=C\C#N. The van der Waals surface area contributed by atoms with Gasteiger partial charge in [-0.05, 0) is 19.1 Å². The van der Waals surface area contributed by atoms with Crippen LogP contribution in [0.25, 0.3) is 0 Å². The van der Waals surface area contributed by atoms with E-state index in [4.69, 9.17) is 16.9 Å². The lowest BCUT2D eigenvalue weighted by Crippen LogP contribution is -1.58. The first kappa shape index (κ1) is 9.00. The zero-order valence-electron chi connectivity index (χ0n) is 5.71. The predicted octanol–water partition coefficient (Wildman–Crippen LogP) is 2.76. The van der Waals surface area contributed by atoms with Crippen molar-refractivity contribution in [1.29, 1.82) is 5.26 Å². The third kappa shape index (κ3) is 5.14. The van der Waals surface area contributed by atoms with E-state index in [0.717, 1.165) is 0 Å². The minimum atomic E-state index is 0.619. The molecule has 0 aromatic carbocycles. The fourth-order valence-electron chi connectivity index (χ4n) is 0.398. The zero-order valence-corrected chi connectivity index (χ0v) is 6.47. The molecular formula is C8H8ClN. The topological polar surface area (TPSA) is 23.8 Å². The normalized spacial score (nSPS) is 12.7. The number of rotatable bonds is 2. The third-order valence-electron chi connectivity index (χ3n) is 0.752. The van der Waals surface area contributed by atoms with Gasteiger partial charge in [-0.1, -0.05) is 23.8 Å². The van der Waals surface area contributed by atoms with Gasteiger partial charge < -0.3 is 0 Å². The highest BCUT2D eigenvalue weighted by atomic mass is 35.5. The Kier molecular flexibility index (Phi) is 5.51. The summed E-state index contributed by atoms with van der Waals surface area (Å²) in [6.07, 6.45) is 8.21. The lowest BCUT2D eigenvalue weighted by atomic mass is 10.4. The van der Waals surface area contributed by atoms with Crippen molar-refractivity contribution in [1.82, 2.24) is 0 Å². The van der Waals surface area contributed by atoms with E-state index in [-0.39, 0.29) is 0 Å². The number of nitrogens with zero attached hydrogens (tertiary/aromatic N) is 1. The summed E-state index contributed by atoms with van der Waals surface area (Å²) in [5.74, 6) is 0. The number of nitriles is 1. The van der Waals surface area contributed by atoms with E-state index < -0.39 is 0 Å². The van der Waals surface area contributed by atoms with Crippen molar-refractivity contribution in [3.05, 3.63) is 35.4 Å². The molecule has 0 aromatic heterocycles. The van der Waals surface area contributed by atoms with Crippen molar-refractivity contribution in [3.63, 3.8) is 0 Å². The Hall–Kier alpha value is -1.00. The van der Waals surface area contributed by atoms with E-state index in [1.807, 2.05) is 19.1 Å². The van der Waals surface area contributed by atoms with Crippen LogP contribution in [-0.2, 0) is 0 Å². The van der Waals surface area contributed by atoms with Gasteiger partial charge in [0.25, 0.3) is 0 Å². The fourth-order valence-corrected chi connectivity index (χ4v) is 0.597. The molecule has 0 N–H and O–H groups in total. The van der Waals surface area contributed by atoms with Crippen LogP contribution in [0.1, 0.15) is 6.92 Å². The minimum Gasteiger partial charge on any atom is -0.193 e. The molecule has 0 rings (SSSR count). The molecule has 0 aromatic rings. The van der Waals surface area contributed by atoms with Crippen LogP contribution in [0.4, 0.5) is 0 Å². The molecule has 0 radical (unpaired) electrons. The molecule has 0 aliphatic carbocycles. The summed E-state index contributed by atoms with van der Waals surface area (Å²) in [6.45, 7) is 1.88. The molecule has 0 unspecified atom stereocenters. The lowest BCUT2D eigenvalue weighted by molar-refractivity contribution is 1.53. The van der Waals surface area contributed by atoms with E-state index >= 15 is 0 Å². The van der Waals surface area contributed by atoms with Gasteiger partial charge in [0.15, 0.2) is 0 Å². The maximum atomic E-state index is 8.08. The Labute approximate surface area is 65.9 Å². The van der Waals surface area contributed by atoms with Gasteiger partial charge in [0, 0.05) is 11.1 Å². The largest absolute Gasteiger partial charge is 0.193 e. The van der Waals surface area contributed by atoms with Crippen LogP contribution in [0.15, 0.2) is 35.4 Å². The summed E-state index contributed by atoms with van der Waals surface area (Å²) >= 11 is 5.63. The van der Waals surface area contributed by atoms with Crippen LogP contribution in [0.3, 0.4) is 0 Å². The second kappa shape index (κ2) is 6.12. The molecule has 0 aliphatic rings. The predicted molar refractivity (Wildman–Crippen MR) is 43.5 cm³/mol. The maximum Gasteiger partial charge on any atom is 0.0912 e. The molecule has 1 nitrogen and oxygen atoms in total. The van der Waals surface area contributed by atoms with Crippen molar-refractivity contribution < 1.29 is 0 Å². The van der Waals surface area contributed by atoms with Crippen LogP contribution in [0.2, 0.25) is 0 Å². The molecule has 0 fully saturated rings. The van der Waals surface area contributed by atoms with E-state index in [2.05, 4.69) is 0 Å². The van der Waals surface area contributed by atoms with E-state index in [1.165, 1.54) is 6.08 Å². The van der Waals surface area contributed by atoms with Gasteiger partial charge in [0.2, 0.25) is 0 Å². The quantitative estimate of drug-likeness (QED) is 0.442. The van der Waals surface area contributed by atoms with Gasteiger partial charge in [-0.2, -0.15) is 5.26 Å².